The zero-order valence-electron chi connectivity index (χ0n) is 23.2. The van der Waals surface area contributed by atoms with Gasteiger partial charge in [-0.15, -0.1) is 26.3 Å². The summed E-state index contributed by atoms with van der Waals surface area (Å²) >= 11 is 0. The van der Waals surface area contributed by atoms with E-state index in [0.717, 1.165) is 11.1 Å². The normalized spacial score (nSPS) is 22.8. The van der Waals surface area contributed by atoms with Crippen LogP contribution in [0, 0.1) is 5.92 Å². The number of aliphatic hydroxyl groups excluding tert-OH is 1. The molecule has 3 atom stereocenters. The summed E-state index contributed by atoms with van der Waals surface area (Å²) in [7, 11) is 0. The zero-order valence-corrected chi connectivity index (χ0v) is 23.2. The van der Waals surface area contributed by atoms with Crippen LogP contribution in [-0.2, 0) is 21.6 Å². The minimum Gasteiger partial charge on any atom is -0.406 e. The van der Waals surface area contributed by atoms with Crippen LogP contribution in [0.15, 0.2) is 72.8 Å². The van der Waals surface area contributed by atoms with E-state index in [0.29, 0.717) is 43.7 Å². The molecule has 0 aliphatic carbocycles. The number of likely N-dealkylation sites (tertiary alicyclic amines) is 1. The summed E-state index contributed by atoms with van der Waals surface area (Å²) in [5.41, 5.74) is 1.98. The van der Waals surface area contributed by atoms with Crippen LogP contribution in [0.4, 0.5) is 26.3 Å². The molecule has 2 heterocycles. The number of aliphatic hydroxyl groups is 1. The van der Waals surface area contributed by atoms with Crippen LogP contribution in [-0.4, -0.2) is 48.6 Å². The van der Waals surface area contributed by atoms with E-state index < -0.39 is 36.1 Å². The van der Waals surface area contributed by atoms with Crippen molar-refractivity contribution in [3.05, 3.63) is 95.1 Å². The van der Waals surface area contributed by atoms with Gasteiger partial charge in [-0.3, -0.25) is 4.90 Å². The predicted molar refractivity (Wildman–Crippen MR) is 143 cm³/mol. The van der Waals surface area contributed by atoms with Gasteiger partial charge in [0.1, 0.15) is 11.5 Å². The van der Waals surface area contributed by atoms with Crippen molar-refractivity contribution >= 4 is 0 Å². The van der Waals surface area contributed by atoms with Crippen LogP contribution in [0.25, 0.3) is 0 Å². The first kappa shape index (κ1) is 31.1. The van der Waals surface area contributed by atoms with Gasteiger partial charge >= 0.3 is 12.7 Å². The molecule has 232 valence electrons. The van der Waals surface area contributed by atoms with Crippen molar-refractivity contribution in [1.29, 1.82) is 0 Å². The highest BCUT2D eigenvalue weighted by Crippen LogP contribution is 2.47. The molecular formula is C31H31F6NO5. The van der Waals surface area contributed by atoms with Crippen LogP contribution in [0.3, 0.4) is 0 Å². The van der Waals surface area contributed by atoms with E-state index in [1.165, 1.54) is 48.5 Å². The largest absolute Gasteiger partial charge is 0.573 e. The molecule has 3 aromatic carbocycles. The van der Waals surface area contributed by atoms with E-state index in [4.69, 9.17) is 9.47 Å². The maximum absolute atomic E-state index is 12.9. The molecule has 43 heavy (non-hydrogen) atoms. The Morgan fingerprint density at radius 1 is 0.837 bits per heavy atom. The van der Waals surface area contributed by atoms with Crippen LogP contribution >= 0.6 is 0 Å². The number of ether oxygens (including phenoxy) is 4. The molecule has 3 unspecified atom stereocenters. The maximum atomic E-state index is 12.9. The molecule has 2 aliphatic rings. The molecule has 2 fully saturated rings. The van der Waals surface area contributed by atoms with Gasteiger partial charge in [0.05, 0.1) is 18.2 Å². The van der Waals surface area contributed by atoms with Gasteiger partial charge in [0.15, 0.2) is 6.29 Å². The molecule has 0 saturated carbocycles. The summed E-state index contributed by atoms with van der Waals surface area (Å²) in [5, 5.41) is 10.2. The van der Waals surface area contributed by atoms with Gasteiger partial charge < -0.3 is 24.1 Å². The lowest BCUT2D eigenvalue weighted by atomic mass is 9.71. The van der Waals surface area contributed by atoms with Crippen LogP contribution in [0.5, 0.6) is 11.5 Å². The third-order valence-electron chi connectivity index (χ3n) is 7.78. The molecule has 0 aromatic heterocycles. The van der Waals surface area contributed by atoms with Crippen molar-refractivity contribution in [1.82, 2.24) is 4.90 Å². The molecule has 12 heteroatoms. The van der Waals surface area contributed by atoms with Gasteiger partial charge in [0.2, 0.25) is 0 Å². The summed E-state index contributed by atoms with van der Waals surface area (Å²) in [5.74, 6) is -0.972. The topological polar surface area (TPSA) is 60.4 Å². The first-order valence-electron chi connectivity index (χ1n) is 13.8. The average Bonchev–Trinajstić information content (AvgIpc) is 3.39. The fourth-order valence-electron chi connectivity index (χ4n) is 5.87. The van der Waals surface area contributed by atoms with Gasteiger partial charge in [-0.2, -0.15) is 0 Å². The van der Waals surface area contributed by atoms with Crippen molar-refractivity contribution in [3.63, 3.8) is 0 Å². The lowest BCUT2D eigenvalue weighted by molar-refractivity contribution is -0.275. The molecule has 0 bridgehead atoms. The second-order valence-electron chi connectivity index (χ2n) is 10.8. The molecule has 0 radical (unpaired) electrons. The maximum Gasteiger partial charge on any atom is 0.573 e. The summed E-state index contributed by atoms with van der Waals surface area (Å²) in [6.45, 7) is 3.19. The zero-order chi connectivity index (χ0) is 30.8. The standard InChI is InChI=1S/C31H31F6NO5/c1-20-19-40-28(41-20)23-4-2-21(3-5-23)17-38-15-14-22(18-39)16-29(38,24-6-10-26(11-7-24)42-30(32,33)34)25-8-12-27(13-9-25)43-31(35,36)37/h2-13,20,22,28,39H,14-19H2,1H3. The molecule has 1 N–H and O–H groups in total. The predicted octanol–water partition coefficient (Wildman–Crippen LogP) is 7.07. The van der Waals surface area contributed by atoms with E-state index >= 15 is 0 Å². The van der Waals surface area contributed by atoms with Crippen LogP contribution < -0.4 is 9.47 Å². The summed E-state index contributed by atoms with van der Waals surface area (Å²) in [6.07, 6.45) is -9.21. The van der Waals surface area contributed by atoms with E-state index in [1.54, 1.807) is 0 Å². The minimum atomic E-state index is -4.87. The Hall–Kier alpha value is -3.32. The van der Waals surface area contributed by atoms with E-state index in [9.17, 15) is 31.4 Å². The SMILES string of the molecule is CC1COC(c2ccc(CN3CCC(CO)CC3(c3ccc(OC(F)(F)F)cc3)c3ccc(OC(F)(F)F)cc3)cc2)O1. The highest BCUT2D eigenvalue weighted by atomic mass is 19.4. The first-order valence-corrected chi connectivity index (χ1v) is 13.8. The van der Waals surface area contributed by atoms with Crippen molar-refractivity contribution in [2.75, 3.05) is 19.8 Å². The van der Waals surface area contributed by atoms with Gasteiger partial charge in [-0.05, 0) is 66.6 Å². The van der Waals surface area contributed by atoms with Gasteiger partial charge in [0.25, 0.3) is 0 Å². The Balaban J connectivity index is 1.53. The average molecular weight is 612 g/mol. The lowest BCUT2D eigenvalue weighted by Gasteiger charge is -2.50. The summed E-state index contributed by atoms with van der Waals surface area (Å²) in [4.78, 5) is 2.14. The minimum absolute atomic E-state index is 0.0149. The molecule has 0 spiro atoms. The number of benzene rings is 3. The Morgan fingerprint density at radius 2 is 1.37 bits per heavy atom. The number of hydrogen-bond acceptors (Lipinski definition) is 6. The molecule has 2 saturated heterocycles. The first-order chi connectivity index (χ1) is 20.3. The van der Waals surface area contributed by atoms with Crippen molar-refractivity contribution in [3.8, 4) is 11.5 Å². The second kappa shape index (κ2) is 12.4. The van der Waals surface area contributed by atoms with Crippen LogP contribution in [0.1, 0.15) is 48.3 Å². The van der Waals surface area contributed by atoms with Crippen molar-refractivity contribution in [2.24, 2.45) is 5.92 Å². The number of hydrogen-bond donors (Lipinski definition) is 1. The molecule has 3 aromatic rings. The number of piperidine rings is 1. The third kappa shape index (κ3) is 7.43. The second-order valence-corrected chi connectivity index (χ2v) is 10.8. The monoisotopic (exact) mass is 611 g/mol. The Labute approximate surface area is 244 Å². The Bertz CT molecular complexity index is 1290. The number of nitrogens with zero attached hydrogens (tertiary/aromatic N) is 1. The fraction of sp³-hybridized carbons (Fsp3) is 0.419. The molecule has 0 amide bonds. The quantitative estimate of drug-likeness (QED) is 0.275. The smallest absolute Gasteiger partial charge is 0.406 e. The fourth-order valence-corrected chi connectivity index (χ4v) is 5.87. The van der Waals surface area contributed by atoms with E-state index in [-0.39, 0.29) is 18.6 Å². The molecule has 5 rings (SSSR count). The van der Waals surface area contributed by atoms with Crippen molar-refractivity contribution in [2.45, 2.75) is 57.0 Å². The van der Waals surface area contributed by atoms with E-state index in [1.807, 2.05) is 31.2 Å². The van der Waals surface area contributed by atoms with Crippen LogP contribution in [0.2, 0.25) is 0 Å². The summed E-state index contributed by atoms with van der Waals surface area (Å²) < 4.78 is 96.8. The molecular weight excluding hydrogens is 580 g/mol. The Kier molecular flexibility index (Phi) is 8.94. The third-order valence-corrected chi connectivity index (χ3v) is 7.78. The number of rotatable bonds is 8. The molecule has 6 nitrogen and oxygen atoms in total. The highest BCUT2D eigenvalue weighted by Gasteiger charge is 2.45. The van der Waals surface area contributed by atoms with Gasteiger partial charge in [-0.1, -0.05) is 48.5 Å². The number of halogens is 6. The van der Waals surface area contributed by atoms with Crippen molar-refractivity contribution < 1.29 is 50.4 Å². The van der Waals surface area contributed by atoms with E-state index in [2.05, 4.69) is 14.4 Å². The molecule has 2 aliphatic heterocycles. The highest BCUT2D eigenvalue weighted by molar-refractivity contribution is 5.44. The number of alkyl halides is 6. The van der Waals surface area contributed by atoms with Gasteiger partial charge in [-0.25, -0.2) is 0 Å². The van der Waals surface area contributed by atoms with Gasteiger partial charge in [0, 0.05) is 25.3 Å². The lowest BCUT2D eigenvalue weighted by Crippen LogP contribution is -2.52. The Morgan fingerprint density at radius 3 is 1.81 bits per heavy atom. The summed E-state index contributed by atoms with van der Waals surface area (Å²) in [6, 6.07) is 18.6.